The minimum absolute atomic E-state index is 0.0614. The van der Waals surface area contributed by atoms with E-state index < -0.39 is 23.6 Å². The number of benzene rings is 1. The van der Waals surface area contributed by atoms with Gasteiger partial charge in [0.1, 0.15) is 17.1 Å². The zero-order valence-electron chi connectivity index (χ0n) is 21.8. The van der Waals surface area contributed by atoms with Crippen LogP contribution in [0.1, 0.15) is 25.7 Å². The molecule has 1 saturated heterocycles. The third-order valence-corrected chi connectivity index (χ3v) is 7.73. The maximum Gasteiger partial charge on any atom is 0.259 e. The molecule has 41 heavy (non-hydrogen) atoms. The van der Waals surface area contributed by atoms with Crippen LogP contribution in [0.5, 0.6) is 0 Å². The predicted octanol–water partition coefficient (Wildman–Crippen LogP) is 4.81. The van der Waals surface area contributed by atoms with Crippen LogP contribution in [-0.4, -0.2) is 51.6 Å². The summed E-state index contributed by atoms with van der Waals surface area (Å²) >= 11 is 0. The van der Waals surface area contributed by atoms with Gasteiger partial charge in [0.05, 0.1) is 40.3 Å². The smallest absolute Gasteiger partial charge is 0.259 e. The number of carbonyl (C=O) groups excluding carboxylic acids is 1. The highest BCUT2D eigenvalue weighted by Crippen LogP contribution is 2.51. The summed E-state index contributed by atoms with van der Waals surface area (Å²) in [6.07, 6.45) is 1.64. The Labute approximate surface area is 232 Å². The Bertz CT molecular complexity index is 1670. The molecule has 2 fully saturated rings. The summed E-state index contributed by atoms with van der Waals surface area (Å²) in [5.74, 6) is -1.09. The molecule has 3 aromatic heterocycles. The number of rotatable bonds is 7. The normalized spacial score (nSPS) is 16.7. The van der Waals surface area contributed by atoms with E-state index in [0.717, 1.165) is 24.8 Å². The lowest BCUT2D eigenvalue weighted by Gasteiger charge is -2.31. The van der Waals surface area contributed by atoms with Crippen molar-refractivity contribution in [3.63, 3.8) is 0 Å². The summed E-state index contributed by atoms with van der Waals surface area (Å²) in [5.41, 5.74) is -0.124. The molecule has 212 valence electrons. The van der Waals surface area contributed by atoms with E-state index in [9.17, 15) is 23.5 Å². The largest absolute Gasteiger partial charge is 0.393 e. The van der Waals surface area contributed by atoms with Gasteiger partial charge in [-0.05, 0) is 68.1 Å². The molecule has 12 heteroatoms. The van der Waals surface area contributed by atoms with Crippen molar-refractivity contribution in [3.05, 3.63) is 71.0 Å². The van der Waals surface area contributed by atoms with E-state index in [2.05, 4.69) is 30.5 Å². The van der Waals surface area contributed by atoms with Gasteiger partial charge in [0, 0.05) is 30.5 Å². The van der Waals surface area contributed by atoms with Crippen molar-refractivity contribution in [1.29, 1.82) is 0 Å². The number of nitrogens with one attached hydrogen (secondary N) is 3. The molecule has 1 aliphatic heterocycles. The van der Waals surface area contributed by atoms with E-state index in [1.165, 1.54) is 24.4 Å². The first-order chi connectivity index (χ1) is 19.7. The lowest BCUT2D eigenvalue weighted by molar-refractivity contribution is -0.126. The van der Waals surface area contributed by atoms with E-state index in [1.54, 1.807) is 18.3 Å². The molecule has 1 saturated carbocycles. The maximum absolute atomic E-state index is 15.3. The zero-order chi connectivity index (χ0) is 28.7. The molecule has 2 aliphatic rings. The van der Waals surface area contributed by atoms with Crippen molar-refractivity contribution in [2.24, 2.45) is 5.41 Å². The number of aliphatic hydroxyl groups is 1. The number of alkyl halides is 2. The molecule has 4 aromatic rings. The van der Waals surface area contributed by atoms with Crippen LogP contribution in [0.25, 0.3) is 22.2 Å². The number of aliphatic hydroxyl groups excluding tert-OH is 1. The highest BCUT2D eigenvalue weighted by molar-refractivity contribution is 5.98. The number of fused-ring (bicyclic) bond motifs is 1. The van der Waals surface area contributed by atoms with E-state index in [1.807, 2.05) is 6.07 Å². The van der Waals surface area contributed by atoms with Gasteiger partial charge >= 0.3 is 0 Å². The summed E-state index contributed by atoms with van der Waals surface area (Å²) in [6.45, 7) is 1.45. The minimum atomic E-state index is -2.79. The number of piperidine rings is 1. The Morgan fingerprint density at radius 2 is 1.90 bits per heavy atom. The second kappa shape index (κ2) is 10.5. The molecule has 1 amide bonds. The van der Waals surface area contributed by atoms with E-state index in [4.69, 9.17) is 0 Å². The molecule has 0 spiro atoms. The Morgan fingerprint density at radius 1 is 1.12 bits per heavy atom. The van der Waals surface area contributed by atoms with Crippen molar-refractivity contribution in [2.45, 2.75) is 38.2 Å². The number of halogens is 3. The van der Waals surface area contributed by atoms with Crippen molar-refractivity contribution in [3.8, 4) is 11.3 Å². The molecule has 0 radical (unpaired) electrons. The monoisotopic (exact) mass is 564 g/mol. The molecule has 0 bridgehead atoms. The molecular formula is C29H27F3N6O3. The number of anilines is 4. The molecule has 1 aliphatic carbocycles. The zero-order valence-corrected chi connectivity index (χ0v) is 21.8. The Hall–Kier alpha value is -4.45. The van der Waals surface area contributed by atoms with Gasteiger partial charge in [0.2, 0.25) is 5.91 Å². The third kappa shape index (κ3) is 5.22. The van der Waals surface area contributed by atoms with Crippen molar-refractivity contribution >= 4 is 39.7 Å². The SMILES string of the molecule is O=C(Nc1ccc(-c2cc(Nc3ccc(N4CCC(O)CC4)cn3)c3c(=O)[nH]ccc3n2)c(F)c1)C1(C(F)F)CC1. The molecule has 9 nitrogen and oxygen atoms in total. The Balaban J connectivity index is 1.29. The van der Waals surface area contributed by atoms with Gasteiger partial charge in [-0.25, -0.2) is 23.1 Å². The minimum Gasteiger partial charge on any atom is -0.393 e. The first kappa shape index (κ1) is 26.8. The molecule has 4 N–H and O–H groups in total. The van der Waals surface area contributed by atoms with Gasteiger partial charge in [-0.3, -0.25) is 9.59 Å². The quantitative estimate of drug-likeness (QED) is 0.254. The van der Waals surface area contributed by atoms with Gasteiger partial charge < -0.3 is 25.6 Å². The summed E-state index contributed by atoms with van der Waals surface area (Å²) < 4.78 is 41.8. The van der Waals surface area contributed by atoms with Gasteiger partial charge in [-0.2, -0.15) is 0 Å². The van der Waals surface area contributed by atoms with E-state index >= 15 is 4.39 Å². The number of aromatic amines is 1. The van der Waals surface area contributed by atoms with Crippen LogP contribution in [0.3, 0.4) is 0 Å². The van der Waals surface area contributed by atoms with Crippen LogP contribution in [0.2, 0.25) is 0 Å². The molecule has 0 atom stereocenters. The summed E-state index contributed by atoms with van der Waals surface area (Å²) in [7, 11) is 0. The molecule has 1 aromatic carbocycles. The fraction of sp³-hybridized carbons (Fsp3) is 0.310. The lowest BCUT2D eigenvalue weighted by Crippen LogP contribution is -2.35. The van der Waals surface area contributed by atoms with Crippen LogP contribution in [0, 0.1) is 11.2 Å². The van der Waals surface area contributed by atoms with Gasteiger partial charge in [0.15, 0.2) is 0 Å². The number of hydrogen-bond donors (Lipinski definition) is 4. The van der Waals surface area contributed by atoms with Gasteiger partial charge in [-0.1, -0.05) is 0 Å². The van der Waals surface area contributed by atoms with Gasteiger partial charge in [-0.15, -0.1) is 0 Å². The number of pyridine rings is 3. The molecule has 4 heterocycles. The van der Waals surface area contributed by atoms with Crippen LogP contribution >= 0.6 is 0 Å². The summed E-state index contributed by atoms with van der Waals surface area (Å²) in [4.78, 5) is 38.8. The standard InChI is InChI=1S/C29H27F3N6O3/c30-20-13-16(35-28(41)29(8-9-29)27(31)32)1-3-19(20)22-14-23(25-21(36-22)5-10-33-26(25)40)37-24-4-2-17(15-34-24)38-11-6-18(39)7-12-38/h1-5,10,13-15,18,27,39H,6-9,11-12H2,(H,33,40)(H,35,41)(H,34,36,37). The highest BCUT2D eigenvalue weighted by atomic mass is 19.3. The average molecular weight is 565 g/mol. The second-order valence-electron chi connectivity index (χ2n) is 10.5. The van der Waals surface area contributed by atoms with Crippen LogP contribution < -0.4 is 21.1 Å². The maximum atomic E-state index is 15.3. The molecule has 6 rings (SSSR count). The van der Waals surface area contributed by atoms with Crippen molar-refractivity contribution in [1.82, 2.24) is 15.0 Å². The molecular weight excluding hydrogens is 537 g/mol. The number of hydrogen-bond acceptors (Lipinski definition) is 7. The molecule has 0 unspecified atom stereocenters. The Morgan fingerprint density at radius 3 is 2.56 bits per heavy atom. The fourth-order valence-corrected chi connectivity index (χ4v) is 5.07. The number of carbonyl (C=O) groups is 1. The van der Waals surface area contributed by atoms with E-state index in [0.29, 0.717) is 29.9 Å². The van der Waals surface area contributed by atoms with Crippen LogP contribution in [0.15, 0.2) is 59.7 Å². The number of H-pyrrole nitrogens is 1. The summed E-state index contributed by atoms with van der Waals surface area (Å²) in [6, 6.07) is 10.7. The summed E-state index contributed by atoms with van der Waals surface area (Å²) in [5, 5.41) is 15.6. The predicted molar refractivity (Wildman–Crippen MR) is 149 cm³/mol. The highest BCUT2D eigenvalue weighted by Gasteiger charge is 2.57. The fourth-order valence-electron chi connectivity index (χ4n) is 5.07. The van der Waals surface area contributed by atoms with Gasteiger partial charge in [0.25, 0.3) is 12.0 Å². The number of nitrogens with zero attached hydrogens (tertiary/aromatic N) is 3. The van der Waals surface area contributed by atoms with Crippen LogP contribution in [-0.2, 0) is 4.79 Å². The van der Waals surface area contributed by atoms with Crippen molar-refractivity contribution in [2.75, 3.05) is 28.6 Å². The average Bonchev–Trinajstić information content (AvgIpc) is 3.77. The number of aromatic nitrogens is 3. The topological polar surface area (TPSA) is 123 Å². The number of amides is 1. The first-order valence-electron chi connectivity index (χ1n) is 13.3. The van der Waals surface area contributed by atoms with Crippen LogP contribution in [0.4, 0.5) is 36.1 Å². The second-order valence-corrected chi connectivity index (χ2v) is 10.5. The lowest BCUT2D eigenvalue weighted by atomic mass is 10.1. The van der Waals surface area contributed by atoms with E-state index in [-0.39, 0.29) is 46.8 Å². The Kier molecular flexibility index (Phi) is 6.86. The third-order valence-electron chi connectivity index (χ3n) is 7.73. The van der Waals surface area contributed by atoms with Crippen molar-refractivity contribution < 1.29 is 23.1 Å². The first-order valence-corrected chi connectivity index (χ1v) is 13.3.